The van der Waals surface area contributed by atoms with Gasteiger partial charge in [-0.05, 0) is 61.0 Å². The lowest BCUT2D eigenvalue weighted by molar-refractivity contribution is -0.118. The Bertz CT molecular complexity index is 937. The molecule has 7 heteroatoms. The predicted octanol–water partition coefficient (Wildman–Crippen LogP) is 4.51. The maximum absolute atomic E-state index is 12.0. The summed E-state index contributed by atoms with van der Waals surface area (Å²) >= 11 is 6.09. The van der Waals surface area contributed by atoms with E-state index in [4.69, 9.17) is 20.8 Å². The Hall–Kier alpha value is -3.25. The molecule has 0 bridgehead atoms. The Morgan fingerprint density at radius 3 is 2.52 bits per heavy atom. The summed E-state index contributed by atoms with van der Waals surface area (Å²) in [5.74, 6) is 0.0527. The van der Waals surface area contributed by atoms with Gasteiger partial charge in [0, 0.05) is 5.69 Å². The van der Waals surface area contributed by atoms with Crippen LogP contribution in [0, 0.1) is 6.92 Å². The summed E-state index contributed by atoms with van der Waals surface area (Å²) in [6.07, 6.45) is 1.43. The van der Waals surface area contributed by atoms with E-state index in [1.165, 1.54) is 6.26 Å². The first-order valence-corrected chi connectivity index (χ1v) is 8.53. The Morgan fingerprint density at radius 2 is 1.85 bits per heavy atom. The third-order valence-corrected chi connectivity index (χ3v) is 3.94. The van der Waals surface area contributed by atoms with Crippen molar-refractivity contribution in [3.63, 3.8) is 0 Å². The van der Waals surface area contributed by atoms with Crippen LogP contribution in [0.3, 0.4) is 0 Å². The number of amides is 2. The van der Waals surface area contributed by atoms with Crippen LogP contribution in [-0.4, -0.2) is 18.4 Å². The van der Waals surface area contributed by atoms with Crippen molar-refractivity contribution in [1.29, 1.82) is 0 Å². The number of aryl methyl sites for hydroxylation is 1. The van der Waals surface area contributed by atoms with Gasteiger partial charge in [0.25, 0.3) is 11.8 Å². The summed E-state index contributed by atoms with van der Waals surface area (Å²) in [5, 5.41) is 5.87. The van der Waals surface area contributed by atoms with Crippen LogP contribution < -0.4 is 15.4 Å². The average molecular weight is 385 g/mol. The van der Waals surface area contributed by atoms with Gasteiger partial charge in [-0.2, -0.15) is 0 Å². The van der Waals surface area contributed by atoms with Gasteiger partial charge in [-0.3, -0.25) is 9.59 Å². The summed E-state index contributed by atoms with van der Waals surface area (Å²) in [7, 11) is 0. The van der Waals surface area contributed by atoms with E-state index in [0.717, 1.165) is 5.56 Å². The molecule has 0 fully saturated rings. The van der Waals surface area contributed by atoms with E-state index < -0.39 is 0 Å². The van der Waals surface area contributed by atoms with Gasteiger partial charge in [-0.15, -0.1) is 0 Å². The van der Waals surface area contributed by atoms with Crippen LogP contribution in [-0.2, 0) is 4.79 Å². The Kier molecular flexibility index (Phi) is 5.78. The zero-order valence-corrected chi connectivity index (χ0v) is 15.2. The molecule has 1 aromatic heterocycles. The topological polar surface area (TPSA) is 80.6 Å². The lowest BCUT2D eigenvalue weighted by atomic mass is 10.2. The lowest BCUT2D eigenvalue weighted by Gasteiger charge is -2.10. The summed E-state index contributed by atoms with van der Waals surface area (Å²) < 4.78 is 10.5. The van der Waals surface area contributed by atoms with Gasteiger partial charge in [0.2, 0.25) is 0 Å². The van der Waals surface area contributed by atoms with Crippen molar-refractivity contribution in [1.82, 2.24) is 0 Å². The van der Waals surface area contributed by atoms with Crippen molar-refractivity contribution in [2.24, 2.45) is 0 Å². The normalized spacial score (nSPS) is 10.3. The number of nitrogens with one attached hydrogen (secondary N) is 2. The van der Waals surface area contributed by atoms with Crippen molar-refractivity contribution in [3.05, 3.63) is 77.2 Å². The molecule has 0 saturated heterocycles. The molecule has 2 N–H and O–H groups in total. The third-order valence-electron chi connectivity index (χ3n) is 3.63. The highest BCUT2D eigenvalue weighted by Crippen LogP contribution is 2.23. The minimum Gasteiger partial charge on any atom is -0.484 e. The minimum atomic E-state index is -0.344. The highest BCUT2D eigenvalue weighted by atomic mass is 35.5. The maximum Gasteiger partial charge on any atom is 0.291 e. The molecule has 27 heavy (non-hydrogen) atoms. The maximum atomic E-state index is 12.0. The summed E-state index contributed by atoms with van der Waals surface area (Å²) in [4.78, 5) is 23.9. The molecule has 2 aromatic carbocycles. The number of carbonyl (C=O) groups is 2. The fourth-order valence-corrected chi connectivity index (χ4v) is 2.57. The van der Waals surface area contributed by atoms with E-state index in [2.05, 4.69) is 10.6 Å². The predicted molar refractivity (Wildman–Crippen MR) is 103 cm³/mol. The van der Waals surface area contributed by atoms with Crippen LogP contribution >= 0.6 is 11.6 Å². The number of furan rings is 1. The summed E-state index contributed by atoms with van der Waals surface area (Å²) in [6, 6.07) is 15.2. The summed E-state index contributed by atoms with van der Waals surface area (Å²) in [6.45, 7) is 1.75. The zero-order chi connectivity index (χ0) is 19.2. The fraction of sp³-hybridized carbons (Fsp3) is 0.100. The van der Waals surface area contributed by atoms with Crippen LogP contribution in [0.5, 0.6) is 5.75 Å². The molecular weight excluding hydrogens is 368 g/mol. The first-order chi connectivity index (χ1) is 13.0. The van der Waals surface area contributed by atoms with E-state index in [9.17, 15) is 9.59 Å². The molecule has 138 valence electrons. The van der Waals surface area contributed by atoms with Gasteiger partial charge < -0.3 is 19.8 Å². The van der Waals surface area contributed by atoms with E-state index in [1.807, 2.05) is 13.0 Å². The molecular formula is C20H17ClN2O4. The van der Waals surface area contributed by atoms with Crippen LogP contribution in [0.4, 0.5) is 11.4 Å². The first-order valence-electron chi connectivity index (χ1n) is 8.15. The molecule has 1 heterocycles. The third kappa shape index (κ3) is 5.12. The second-order valence-corrected chi connectivity index (χ2v) is 6.18. The van der Waals surface area contributed by atoms with Gasteiger partial charge in [0.1, 0.15) is 5.75 Å². The number of rotatable bonds is 6. The van der Waals surface area contributed by atoms with E-state index in [-0.39, 0.29) is 24.2 Å². The van der Waals surface area contributed by atoms with Crippen LogP contribution in [0.25, 0.3) is 0 Å². The molecule has 0 aliphatic carbocycles. The second kappa shape index (κ2) is 8.42. The number of carbonyl (C=O) groups excluding carboxylic acids is 2. The van der Waals surface area contributed by atoms with Crippen molar-refractivity contribution in [2.45, 2.75) is 6.92 Å². The number of halogens is 1. The van der Waals surface area contributed by atoms with E-state index in [1.54, 1.807) is 48.5 Å². The van der Waals surface area contributed by atoms with E-state index >= 15 is 0 Å². The SMILES string of the molecule is Cc1ccc(NC(=O)COc2ccc(NC(=O)c3ccco3)cc2)c(Cl)c1. The molecule has 0 radical (unpaired) electrons. The Morgan fingerprint density at radius 1 is 1.07 bits per heavy atom. The summed E-state index contributed by atoms with van der Waals surface area (Å²) in [5.41, 5.74) is 2.12. The van der Waals surface area contributed by atoms with Gasteiger partial charge in [-0.25, -0.2) is 0 Å². The molecule has 3 aromatic rings. The van der Waals surface area contributed by atoms with Crippen molar-refractivity contribution < 1.29 is 18.7 Å². The molecule has 0 unspecified atom stereocenters. The minimum absolute atomic E-state index is 0.164. The van der Waals surface area contributed by atoms with Crippen molar-refractivity contribution in [3.8, 4) is 5.75 Å². The molecule has 0 spiro atoms. The van der Waals surface area contributed by atoms with Crippen molar-refractivity contribution in [2.75, 3.05) is 17.2 Å². The molecule has 0 saturated carbocycles. The number of benzene rings is 2. The van der Waals surface area contributed by atoms with E-state index in [0.29, 0.717) is 22.1 Å². The molecule has 0 aliphatic heterocycles. The van der Waals surface area contributed by atoms with Crippen LogP contribution in [0.15, 0.2) is 65.3 Å². The molecule has 3 rings (SSSR count). The number of hydrogen-bond acceptors (Lipinski definition) is 4. The first kappa shape index (κ1) is 18.5. The largest absolute Gasteiger partial charge is 0.484 e. The molecule has 0 aliphatic rings. The van der Waals surface area contributed by atoms with Crippen LogP contribution in [0.2, 0.25) is 5.02 Å². The highest BCUT2D eigenvalue weighted by molar-refractivity contribution is 6.33. The monoisotopic (exact) mass is 384 g/mol. The number of ether oxygens (including phenoxy) is 1. The van der Waals surface area contributed by atoms with Crippen molar-refractivity contribution >= 4 is 34.8 Å². The Labute approximate surface area is 161 Å². The second-order valence-electron chi connectivity index (χ2n) is 5.78. The van der Waals surface area contributed by atoms with Gasteiger partial charge >= 0.3 is 0 Å². The smallest absolute Gasteiger partial charge is 0.291 e. The molecule has 0 atom stereocenters. The quantitative estimate of drug-likeness (QED) is 0.655. The van der Waals surface area contributed by atoms with Gasteiger partial charge in [0.15, 0.2) is 12.4 Å². The van der Waals surface area contributed by atoms with Gasteiger partial charge in [0.05, 0.1) is 17.0 Å². The average Bonchev–Trinajstić information content (AvgIpc) is 3.18. The molecule has 6 nitrogen and oxygen atoms in total. The van der Waals surface area contributed by atoms with Gasteiger partial charge in [-0.1, -0.05) is 17.7 Å². The highest BCUT2D eigenvalue weighted by Gasteiger charge is 2.09. The number of anilines is 2. The Balaban J connectivity index is 1.51. The lowest BCUT2D eigenvalue weighted by Crippen LogP contribution is -2.20. The molecule has 2 amide bonds. The number of hydrogen-bond donors (Lipinski definition) is 2. The van der Waals surface area contributed by atoms with Crippen LogP contribution in [0.1, 0.15) is 16.1 Å². The zero-order valence-electron chi connectivity index (χ0n) is 14.5. The fourth-order valence-electron chi connectivity index (χ4n) is 2.29. The standard InChI is InChI=1S/C20H17ClN2O4/c1-13-4-9-17(16(21)11-13)23-19(24)12-27-15-7-5-14(6-8-15)22-20(25)18-3-2-10-26-18/h2-11H,12H2,1H3,(H,22,25)(H,23,24).